The standard InChI is InChI=1S/C15H21BrN2O2/c1-5-12(16)13(19)17-10-6-8-11(9-7-10)18-14(20)15(2,3)4/h6-9,12H,5H2,1-4H3,(H,17,19)(H,18,20). The maximum Gasteiger partial charge on any atom is 0.238 e. The molecule has 0 aliphatic heterocycles. The lowest BCUT2D eigenvalue weighted by atomic mass is 9.95. The second-order valence-electron chi connectivity index (χ2n) is 5.65. The van der Waals surface area contributed by atoms with Gasteiger partial charge in [-0.25, -0.2) is 0 Å². The molecule has 20 heavy (non-hydrogen) atoms. The molecule has 5 heteroatoms. The molecule has 0 fully saturated rings. The van der Waals surface area contributed by atoms with Crippen molar-refractivity contribution in [2.75, 3.05) is 10.6 Å². The van der Waals surface area contributed by atoms with Crippen molar-refractivity contribution in [1.29, 1.82) is 0 Å². The van der Waals surface area contributed by atoms with Crippen LogP contribution in [0.25, 0.3) is 0 Å². The van der Waals surface area contributed by atoms with Gasteiger partial charge in [0.2, 0.25) is 11.8 Å². The van der Waals surface area contributed by atoms with Crippen LogP contribution in [0.4, 0.5) is 11.4 Å². The number of alkyl halides is 1. The zero-order valence-corrected chi connectivity index (χ0v) is 13.9. The smallest absolute Gasteiger partial charge is 0.238 e. The number of amides is 2. The van der Waals surface area contributed by atoms with Crippen LogP contribution in [0, 0.1) is 5.41 Å². The quantitative estimate of drug-likeness (QED) is 0.819. The van der Waals surface area contributed by atoms with Crippen LogP contribution in [0.3, 0.4) is 0 Å². The minimum atomic E-state index is -0.433. The number of anilines is 2. The molecule has 1 unspecified atom stereocenters. The number of hydrogen-bond acceptors (Lipinski definition) is 2. The summed E-state index contributed by atoms with van der Waals surface area (Å²) in [6, 6.07) is 7.08. The fourth-order valence-electron chi connectivity index (χ4n) is 1.36. The first-order chi connectivity index (χ1) is 9.24. The average Bonchev–Trinajstić information content (AvgIpc) is 2.38. The Kier molecular flexibility index (Phi) is 5.74. The SMILES string of the molecule is CCC(Br)C(=O)Nc1ccc(NC(=O)C(C)(C)C)cc1. The van der Waals surface area contributed by atoms with Gasteiger partial charge in [0.05, 0.1) is 4.83 Å². The number of halogens is 1. The molecule has 0 saturated heterocycles. The van der Waals surface area contributed by atoms with Gasteiger partial charge in [0.1, 0.15) is 0 Å². The molecule has 0 heterocycles. The number of benzene rings is 1. The Labute approximate surface area is 128 Å². The van der Waals surface area contributed by atoms with Crippen LogP contribution in [0.2, 0.25) is 0 Å². The Balaban J connectivity index is 2.65. The van der Waals surface area contributed by atoms with Crippen LogP contribution in [0.15, 0.2) is 24.3 Å². The van der Waals surface area contributed by atoms with E-state index in [4.69, 9.17) is 0 Å². The number of nitrogens with one attached hydrogen (secondary N) is 2. The molecule has 2 amide bonds. The van der Waals surface area contributed by atoms with E-state index in [-0.39, 0.29) is 16.6 Å². The molecule has 0 aromatic heterocycles. The first-order valence-corrected chi connectivity index (χ1v) is 7.52. The molecule has 1 atom stereocenters. The van der Waals surface area contributed by atoms with Gasteiger partial charge in [0.25, 0.3) is 0 Å². The van der Waals surface area contributed by atoms with Gasteiger partial charge in [-0.15, -0.1) is 0 Å². The lowest BCUT2D eigenvalue weighted by molar-refractivity contribution is -0.123. The fourth-order valence-corrected chi connectivity index (χ4v) is 1.48. The molecule has 0 saturated carbocycles. The highest BCUT2D eigenvalue weighted by molar-refractivity contribution is 9.10. The van der Waals surface area contributed by atoms with Crippen molar-refractivity contribution in [3.05, 3.63) is 24.3 Å². The molecule has 2 N–H and O–H groups in total. The Hall–Kier alpha value is -1.36. The minimum Gasteiger partial charge on any atom is -0.326 e. The van der Waals surface area contributed by atoms with Gasteiger partial charge >= 0.3 is 0 Å². The van der Waals surface area contributed by atoms with E-state index in [1.807, 2.05) is 27.7 Å². The van der Waals surface area contributed by atoms with Gasteiger partial charge in [-0.3, -0.25) is 9.59 Å². The zero-order chi connectivity index (χ0) is 15.3. The number of hydrogen-bond donors (Lipinski definition) is 2. The molecular weight excluding hydrogens is 320 g/mol. The van der Waals surface area contributed by atoms with Gasteiger partial charge in [-0.1, -0.05) is 43.6 Å². The largest absolute Gasteiger partial charge is 0.326 e. The van der Waals surface area contributed by atoms with Crippen LogP contribution in [0.5, 0.6) is 0 Å². The number of rotatable bonds is 4. The monoisotopic (exact) mass is 340 g/mol. The molecule has 110 valence electrons. The Morgan fingerprint density at radius 2 is 1.55 bits per heavy atom. The van der Waals surface area contributed by atoms with Crippen LogP contribution < -0.4 is 10.6 Å². The van der Waals surface area contributed by atoms with E-state index >= 15 is 0 Å². The summed E-state index contributed by atoms with van der Waals surface area (Å²) >= 11 is 3.30. The topological polar surface area (TPSA) is 58.2 Å². The van der Waals surface area contributed by atoms with E-state index in [2.05, 4.69) is 26.6 Å². The van der Waals surface area contributed by atoms with E-state index in [0.29, 0.717) is 11.4 Å². The summed E-state index contributed by atoms with van der Waals surface area (Å²) in [7, 11) is 0. The zero-order valence-electron chi connectivity index (χ0n) is 12.3. The van der Waals surface area contributed by atoms with Crippen LogP contribution in [-0.2, 0) is 9.59 Å². The summed E-state index contributed by atoms with van der Waals surface area (Å²) in [5.74, 6) is -0.111. The van der Waals surface area contributed by atoms with E-state index in [1.165, 1.54) is 0 Å². The second-order valence-corrected chi connectivity index (χ2v) is 6.75. The van der Waals surface area contributed by atoms with Gasteiger partial charge in [0, 0.05) is 16.8 Å². The highest BCUT2D eigenvalue weighted by Gasteiger charge is 2.21. The van der Waals surface area contributed by atoms with Gasteiger partial charge in [-0.2, -0.15) is 0 Å². The van der Waals surface area contributed by atoms with E-state index < -0.39 is 5.41 Å². The third kappa shape index (κ3) is 4.96. The van der Waals surface area contributed by atoms with Crippen molar-refractivity contribution in [3.8, 4) is 0 Å². The molecule has 1 aromatic rings. The third-order valence-corrected chi connectivity index (χ3v) is 3.80. The Bertz CT molecular complexity index is 478. The van der Waals surface area contributed by atoms with Crippen LogP contribution >= 0.6 is 15.9 Å². The third-order valence-electron chi connectivity index (χ3n) is 2.73. The maximum absolute atomic E-state index is 11.8. The highest BCUT2D eigenvalue weighted by Crippen LogP contribution is 2.19. The summed E-state index contributed by atoms with van der Waals surface area (Å²) in [4.78, 5) is 23.4. The first kappa shape index (κ1) is 16.7. The van der Waals surface area contributed by atoms with Crippen LogP contribution in [0.1, 0.15) is 34.1 Å². The van der Waals surface area contributed by atoms with E-state index in [0.717, 1.165) is 6.42 Å². The van der Waals surface area contributed by atoms with E-state index in [9.17, 15) is 9.59 Å². The van der Waals surface area contributed by atoms with Crippen molar-refractivity contribution < 1.29 is 9.59 Å². The molecular formula is C15H21BrN2O2. The van der Waals surface area contributed by atoms with Crippen molar-refractivity contribution >= 4 is 39.1 Å². The molecule has 1 rings (SSSR count). The normalized spacial score (nSPS) is 12.7. The van der Waals surface area contributed by atoms with Crippen molar-refractivity contribution in [2.24, 2.45) is 5.41 Å². The molecule has 0 spiro atoms. The maximum atomic E-state index is 11.8. The van der Waals surface area contributed by atoms with Gasteiger partial charge in [-0.05, 0) is 30.7 Å². The predicted molar refractivity (Wildman–Crippen MR) is 86.2 cm³/mol. The summed E-state index contributed by atoms with van der Waals surface area (Å²) < 4.78 is 0. The summed E-state index contributed by atoms with van der Waals surface area (Å²) in [6.07, 6.45) is 0.728. The molecule has 0 radical (unpaired) electrons. The highest BCUT2D eigenvalue weighted by atomic mass is 79.9. The summed E-state index contributed by atoms with van der Waals surface area (Å²) in [6.45, 7) is 7.51. The average molecular weight is 341 g/mol. The molecule has 0 aliphatic rings. The summed E-state index contributed by atoms with van der Waals surface area (Å²) in [5.41, 5.74) is 0.993. The van der Waals surface area contributed by atoms with Gasteiger partial charge < -0.3 is 10.6 Å². The van der Waals surface area contributed by atoms with Crippen molar-refractivity contribution in [3.63, 3.8) is 0 Å². The van der Waals surface area contributed by atoms with E-state index in [1.54, 1.807) is 24.3 Å². The molecule has 4 nitrogen and oxygen atoms in total. The lowest BCUT2D eigenvalue weighted by Crippen LogP contribution is -2.27. The number of carbonyl (C=O) groups is 2. The van der Waals surface area contributed by atoms with Gasteiger partial charge in [0.15, 0.2) is 0 Å². The summed E-state index contributed by atoms with van der Waals surface area (Å²) in [5, 5.41) is 5.64. The predicted octanol–water partition coefficient (Wildman–Crippen LogP) is 3.78. The number of carbonyl (C=O) groups excluding carboxylic acids is 2. The minimum absolute atomic E-state index is 0.0409. The molecule has 1 aromatic carbocycles. The van der Waals surface area contributed by atoms with Crippen molar-refractivity contribution in [1.82, 2.24) is 0 Å². The lowest BCUT2D eigenvalue weighted by Gasteiger charge is -2.17. The Morgan fingerprint density at radius 1 is 1.10 bits per heavy atom. The Morgan fingerprint density at radius 3 is 1.95 bits per heavy atom. The molecule has 0 bridgehead atoms. The van der Waals surface area contributed by atoms with Crippen molar-refractivity contribution in [2.45, 2.75) is 38.9 Å². The second kappa shape index (κ2) is 6.88. The molecule has 0 aliphatic carbocycles. The van der Waals surface area contributed by atoms with Crippen LogP contribution in [-0.4, -0.2) is 16.6 Å². The first-order valence-electron chi connectivity index (χ1n) is 6.60. The fraction of sp³-hybridized carbons (Fsp3) is 0.467.